The molecule has 1 aliphatic rings. The van der Waals surface area contributed by atoms with Crippen molar-refractivity contribution in [2.75, 3.05) is 26.7 Å². The molecule has 0 saturated carbocycles. The standard InChI is InChI=1S/C24H26N6O2/c1-29-10-8-19(9-11-29)14-27-23(31)20-6-7-22(26-15-20)30-24(32)21(16-28-30)12-17-2-4-18(13-25)5-3-17/h2-7,15-16,19,28H,8-12,14H2,1H3,(H,27,31). The summed E-state index contributed by atoms with van der Waals surface area (Å²) in [6, 6.07) is 12.6. The van der Waals surface area contributed by atoms with Gasteiger partial charge in [-0.25, -0.2) is 9.67 Å². The number of benzene rings is 1. The Kier molecular flexibility index (Phi) is 6.47. The van der Waals surface area contributed by atoms with E-state index in [4.69, 9.17) is 5.26 Å². The molecule has 2 N–H and O–H groups in total. The average Bonchev–Trinajstić information content (AvgIpc) is 3.19. The summed E-state index contributed by atoms with van der Waals surface area (Å²) in [4.78, 5) is 31.8. The fraction of sp³-hybridized carbons (Fsp3) is 0.333. The van der Waals surface area contributed by atoms with Crippen LogP contribution in [0.15, 0.2) is 53.6 Å². The van der Waals surface area contributed by atoms with Crippen LogP contribution < -0.4 is 10.9 Å². The Morgan fingerprint density at radius 3 is 2.62 bits per heavy atom. The predicted molar refractivity (Wildman–Crippen MR) is 121 cm³/mol. The minimum Gasteiger partial charge on any atom is -0.352 e. The first-order chi connectivity index (χ1) is 15.5. The molecule has 32 heavy (non-hydrogen) atoms. The van der Waals surface area contributed by atoms with Crippen LogP contribution in [-0.2, 0) is 6.42 Å². The van der Waals surface area contributed by atoms with Gasteiger partial charge in [-0.2, -0.15) is 5.26 Å². The maximum Gasteiger partial charge on any atom is 0.276 e. The van der Waals surface area contributed by atoms with Crippen molar-refractivity contribution in [3.05, 3.63) is 81.4 Å². The van der Waals surface area contributed by atoms with Crippen LogP contribution in [0.1, 0.15) is 39.9 Å². The molecule has 0 radical (unpaired) electrons. The van der Waals surface area contributed by atoms with E-state index in [0.29, 0.717) is 41.4 Å². The maximum absolute atomic E-state index is 12.8. The molecular formula is C24H26N6O2. The number of carbonyl (C=O) groups is 1. The molecule has 2 aromatic heterocycles. The number of pyridine rings is 1. The molecule has 8 nitrogen and oxygen atoms in total. The molecule has 1 fully saturated rings. The number of aromatic nitrogens is 3. The van der Waals surface area contributed by atoms with Crippen molar-refractivity contribution in [3.8, 4) is 11.9 Å². The van der Waals surface area contributed by atoms with Crippen molar-refractivity contribution in [2.45, 2.75) is 19.3 Å². The van der Waals surface area contributed by atoms with Crippen LogP contribution in [0.25, 0.3) is 5.82 Å². The largest absolute Gasteiger partial charge is 0.352 e. The number of rotatable bonds is 6. The highest BCUT2D eigenvalue weighted by Crippen LogP contribution is 2.15. The summed E-state index contributed by atoms with van der Waals surface area (Å²) in [6.07, 6.45) is 5.78. The molecule has 164 valence electrons. The molecule has 0 spiro atoms. The zero-order valence-corrected chi connectivity index (χ0v) is 18.0. The van der Waals surface area contributed by atoms with Gasteiger partial charge in [-0.1, -0.05) is 12.1 Å². The quantitative estimate of drug-likeness (QED) is 0.623. The number of likely N-dealkylation sites (tertiary alicyclic amines) is 1. The SMILES string of the molecule is CN1CCC(CNC(=O)c2ccc(-n3[nH]cc(Cc4ccc(C#N)cc4)c3=O)nc2)CC1. The van der Waals surface area contributed by atoms with Crippen LogP contribution in [0, 0.1) is 17.2 Å². The second-order valence-electron chi connectivity index (χ2n) is 8.29. The van der Waals surface area contributed by atoms with E-state index < -0.39 is 0 Å². The lowest BCUT2D eigenvalue weighted by atomic mass is 9.97. The lowest BCUT2D eigenvalue weighted by molar-refractivity contribution is 0.0938. The van der Waals surface area contributed by atoms with Crippen LogP contribution >= 0.6 is 0 Å². The first-order valence-corrected chi connectivity index (χ1v) is 10.7. The van der Waals surface area contributed by atoms with E-state index in [1.165, 1.54) is 10.9 Å². The number of nitrogens with one attached hydrogen (secondary N) is 2. The average molecular weight is 431 g/mol. The zero-order valence-electron chi connectivity index (χ0n) is 18.0. The second-order valence-corrected chi connectivity index (χ2v) is 8.29. The fourth-order valence-corrected chi connectivity index (χ4v) is 3.88. The molecule has 1 aliphatic heterocycles. The van der Waals surface area contributed by atoms with Gasteiger partial charge < -0.3 is 10.2 Å². The Morgan fingerprint density at radius 1 is 1.22 bits per heavy atom. The normalized spacial score (nSPS) is 14.8. The van der Waals surface area contributed by atoms with Gasteiger partial charge in [-0.05, 0) is 68.7 Å². The van der Waals surface area contributed by atoms with Gasteiger partial charge in [0.05, 0.1) is 17.2 Å². The summed E-state index contributed by atoms with van der Waals surface area (Å²) < 4.78 is 1.36. The molecule has 1 saturated heterocycles. The van der Waals surface area contributed by atoms with Crippen molar-refractivity contribution >= 4 is 5.91 Å². The zero-order chi connectivity index (χ0) is 22.5. The van der Waals surface area contributed by atoms with E-state index in [1.54, 1.807) is 30.5 Å². The molecule has 1 aromatic carbocycles. The predicted octanol–water partition coefficient (Wildman–Crippen LogP) is 2.09. The van der Waals surface area contributed by atoms with E-state index >= 15 is 0 Å². The van der Waals surface area contributed by atoms with Crippen molar-refractivity contribution in [1.29, 1.82) is 5.26 Å². The number of hydrogen-bond donors (Lipinski definition) is 2. The highest BCUT2D eigenvalue weighted by molar-refractivity contribution is 5.93. The molecular weight excluding hydrogens is 404 g/mol. The molecule has 1 amide bonds. The van der Waals surface area contributed by atoms with E-state index in [9.17, 15) is 9.59 Å². The van der Waals surface area contributed by atoms with Crippen LogP contribution in [0.4, 0.5) is 0 Å². The third kappa shape index (κ3) is 4.95. The summed E-state index contributed by atoms with van der Waals surface area (Å²) in [6.45, 7) is 2.80. The van der Waals surface area contributed by atoms with Crippen LogP contribution in [-0.4, -0.2) is 52.3 Å². The summed E-state index contributed by atoms with van der Waals surface area (Å²) in [5, 5.41) is 14.8. The number of hydrogen-bond acceptors (Lipinski definition) is 5. The lowest BCUT2D eigenvalue weighted by Gasteiger charge is -2.28. The number of nitriles is 1. The topological polar surface area (TPSA) is 107 Å². The smallest absolute Gasteiger partial charge is 0.276 e. The first kappa shape index (κ1) is 21.5. The summed E-state index contributed by atoms with van der Waals surface area (Å²) >= 11 is 0. The van der Waals surface area contributed by atoms with Crippen molar-refractivity contribution in [2.24, 2.45) is 5.92 Å². The van der Waals surface area contributed by atoms with Gasteiger partial charge in [0, 0.05) is 30.9 Å². The monoisotopic (exact) mass is 430 g/mol. The van der Waals surface area contributed by atoms with Gasteiger partial charge in [-0.3, -0.25) is 14.7 Å². The Bertz CT molecular complexity index is 1160. The van der Waals surface area contributed by atoms with Crippen LogP contribution in [0.2, 0.25) is 0 Å². The van der Waals surface area contributed by atoms with Gasteiger partial charge >= 0.3 is 0 Å². The summed E-state index contributed by atoms with van der Waals surface area (Å²) in [7, 11) is 2.12. The molecule has 0 aliphatic carbocycles. The Balaban J connectivity index is 1.39. The van der Waals surface area contributed by atoms with Crippen molar-refractivity contribution < 1.29 is 4.79 Å². The number of nitrogens with zero attached hydrogens (tertiary/aromatic N) is 4. The van der Waals surface area contributed by atoms with E-state index in [1.807, 2.05) is 12.1 Å². The molecule has 3 aromatic rings. The van der Waals surface area contributed by atoms with Crippen LogP contribution in [0.3, 0.4) is 0 Å². The first-order valence-electron chi connectivity index (χ1n) is 10.7. The van der Waals surface area contributed by atoms with E-state index in [-0.39, 0.29) is 11.5 Å². The number of H-pyrrole nitrogens is 1. The van der Waals surface area contributed by atoms with Gasteiger partial charge in [-0.15, -0.1) is 0 Å². The van der Waals surface area contributed by atoms with Gasteiger partial charge in [0.2, 0.25) is 0 Å². The van der Waals surface area contributed by atoms with Gasteiger partial charge in [0.25, 0.3) is 11.5 Å². The number of carbonyl (C=O) groups excluding carboxylic acids is 1. The lowest BCUT2D eigenvalue weighted by Crippen LogP contribution is -2.36. The summed E-state index contributed by atoms with van der Waals surface area (Å²) in [5.41, 5.74) is 2.40. The maximum atomic E-state index is 12.8. The minimum absolute atomic E-state index is 0.150. The third-order valence-corrected chi connectivity index (χ3v) is 5.95. The van der Waals surface area contributed by atoms with Crippen LogP contribution in [0.5, 0.6) is 0 Å². The molecule has 4 rings (SSSR count). The highest BCUT2D eigenvalue weighted by atomic mass is 16.1. The Labute approximate surface area is 186 Å². The Hall–Kier alpha value is -3.70. The number of aromatic amines is 1. The van der Waals surface area contributed by atoms with Gasteiger partial charge in [0.1, 0.15) is 0 Å². The molecule has 3 heterocycles. The molecule has 0 unspecified atom stereocenters. The van der Waals surface area contributed by atoms with Crippen molar-refractivity contribution in [3.63, 3.8) is 0 Å². The van der Waals surface area contributed by atoms with E-state index in [2.05, 4.69) is 33.4 Å². The Morgan fingerprint density at radius 2 is 1.97 bits per heavy atom. The number of amides is 1. The molecule has 0 atom stereocenters. The van der Waals surface area contributed by atoms with E-state index in [0.717, 1.165) is 31.5 Å². The van der Waals surface area contributed by atoms with Gasteiger partial charge in [0.15, 0.2) is 5.82 Å². The fourth-order valence-electron chi connectivity index (χ4n) is 3.88. The third-order valence-electron chi connectivity index (χ3n) is 5.95. The minimum atomic E-state index is -0.193. The highest BCUT2D eigenvalue weighted by Gasteiger charge is 2.18. The molecule has 0 bridgehead atoms. The number of piperidine rings is 1. The second kappa shape index (κ2) is 9.62. The summed E-state index contributed by atoms with van der Waals surface area (Å²) in [5.74, 6) is 0.783. The molecule has 8 heteroatoms. The van der Waals surface area contributed by atoms with Crippen molar-refractivity contribution in [1.82, 2.24) is 25.0 Å².